The Kier molecular flexibility index (Phi) is 4.83. The average molecular weight is 261 g/mol. The minimum Gasteiger partial charge on any atom is -0.496 e. The first-order valence-corrected chi connectivity index (χ1v) is 7.18. The third-order valence-electron chi connectivity index (χ3n) is 3.93. The van der Waals surface area contributed by atoms with E-state index < -0.39 is 0 Å². The molecule has 0 spiro atoms. The molecular formula is C16H23NO2. The van der Waals surface area contributed by atoms with Gasteiger partial charge in [0.2, 0.25) is 5.91 Å². The zero-order valence-electron chi connectivity index (χ0n) is 11.9. The summed E-state index contributed by atoms with van der Waals surface area (Å²) in [6.45, 7) is 2.69. The number of benzene rings is 1. The monoisotopic (exact) mass is 261 g/mol. The molecule has 1 aromatic carbocycles. The zero-order valence-corrected chi connectivity index (χ0v) is 11.9. The van der Waals surface area contributed by atoms with E-state index in [1.54, 1.807) is 7.11 Å². The van der Waals surface area contributed by atoms with Gasteiger partial charge in [0.15, 0.2) is 0 Å². The molecule has 1 saturated carbocycles. The van der Waals surface area contributed by atoms with Crippen LogP contribution in [0.2, 0.25) is 0 Å². The first-order valence-electron chi connectivity index (χ1n) is 7.18. The van der Waals surface area contributed by atoms with Crippen LogP contribution in [-0.4, -0.2) is 13.0 Å². The van der Waals surface area contributed by atoms with Crippen LogP contribution in [-0.2, 0) is 17.8 Å². The van der Waals surface area contributed by atoms with Crippen molar-refractivity contribution in [2.45, 2.75) is 45.6 Å². The van der Waals surface area contributed by atoms with Crippen LogP contribution in [0, 0.1) is 5.92 Å². The summed E-state index contributed by atoms with van der Waals surface area (Å²) >= 11 is 0. The van der Waals surface area contributed by atoms with Crippen molar-refractivity contribution < 1.29 is 9.53 Å². The minimum atomic E-state index is 0.196. The van der Waals surface area contributed by atoms with E-state index in [4.69, 9.17) is 4.74 Å². The maximum atomic E-state index is 12.0. The highest BCUT2D eigenvalue weighted by Gasteiger charge is 2.22. The highest BCUT2D eigenvalue weighted by Crippen LogP contribution is 2.25. The molecule has 2 rings (SSSR count). The molecule has 3 heteroatoms. The molecule has 1 aliphatic rings. The van der Waals surface area contributed by atoms with Gasteiger partial charge in [-0.1, -0.05) is 31.9 Å². The van der Waals surface area contributed by atoms with Crippen LogP contribution in [0.25, 0.3) is 0 Å². The number of carbonyl (C=O) groups is 1. The molecule has 0 aliphatic heterocycles. The van der Waals surface area contributed by atoms with Crippen LogP contribution in [0.3, 0.4) is 0 Å². The summed E-state index contributed by atoms with van der Waals surface area (Å²) in [6, 6.07) is 6.17. The molecule has 104 valence electrons. The largest absolute Gasteiger partial charge is 0.496 e. The lowest BCUT2D eigenvalue weighted by molar-refractivity contribution is -0.124. The van der Waals surface area contributed by atoms with Crippen LogP contribution >= 0.6 is 0 Å². The fraction of sp³-hybridized carbons (Fsp3) is 0.562. The highest BCUT2D eigenvalue weighted by molar-refractivity contribution is 5.78. The van der Waals surface area contributed by atoms with E-state index >= 15 is 0 Å². The van der Waals surface area contributed by atoms with Gasteiger partial charge in [-0.25, -0.2) is 0 Å². The van der Waals surface area contributed by atoms with Gasteiger partial charge in [-0.15, -0.1) is 0 Å². The Morgan fingerprint density at radius 1 is 1.37 bits per heavy atom. The normalized spacial score (nSPS) is 15.5. The molecule has 1 fully saturated rings. The molecule has 0 unspecified atom stereocenters. The van der Waals surface area contributed by atoms with Crippen LogP contribution in [0.15, 0.2) is 18.2 Å². The van der Waals surface area contributed by atoms with Crippen LogP contribution < -0.4 is 10.1 Å². The Balaban J connectivity index is 1.99. The minimum absolute atomic E-state index is 0.196. The number of nitrogens with one attached hydrogen (secondary N) is 1. The van der Waals surface area contributed by atoms with Gasteiger partial charge in [-0.2, -0.15) is 0 Å². The van der Waals surface area contributed by atoms with Gasteiger partial charge in [0.1, 0.15) is 5.75 Å². The van der Waals surface area contributed by atoms with Gasteiger partial charge in [-0.05, 0) is 30.9 Å². The van der Waals surface area contributed by atoms with Crippen molar-refractivity contribution in [3.8, 4) is 5.75 Å². The van der Waals surface area contributed by atoms with E-state index in [1.807, 2.05) is 6.07 Å². The smallest absolute Gasteiger partial charge is 0.223 e. The summed E-state index contributed by atoms with van der Waals surface area (Å²) in [6.07, 6.45) is 5.45. The van der Waals surface area contributed by atoms with E-state index in [0.29, 0.717) is 6.54 Å². The van der Waals surface area contributed by atoms with Crippen LogP contribution in [0.4, 0.5) is 0 Å². The lowest BCUT2D eigenvalue weighted by Crippen LogP contribution is -2.28. The van der Waals surface area contributed by atoms with Crippen molar-refractivity contribution in [1.82, 2.24) is 5.32 Å². The number of carbonyl (C=O) groups excluding carboxylic acids is 1. The fourth-order valence-corrected chi connectivity index (χ4v) is 2.70. The Morgan fingerprint density at radius 3 is 2.74 bits per heavy atom. The average Bonchev–Trinajstić information content (AvgIpc) is 2.98. The first-order chi connectivity index (χ1) is 9.24. The summed E-state index contributed by atoms with van der Waals surface area (Å²) < 4.78 is 5.35. The van der Waals surface area contributed by atoms with Crippen LogP contribution in [0.1, 0.15) is 43.7 Å². The standard InChI is InChI=1S/C16H23NO2/c1-3-12-8-9-15(19-2)14(10-12)11-17-16(18)13-6-4-5-7-13/h8-10,13H,3-7,11H2,1-2H3,(H,17,18). The third kappa shape index (κ3) is 3.49. The van der Waals surface area contributed by atoms with Crippen molar-refractivity contribution in [3.63, 3.8) is 0 Å². The van der Waals surface area contributed by atoms with Crippen molar-refractivity contribution in [1.29, 1.82) is 0 Å². The molecule has 0 saturated heterocycles. The van der Waals surface area contributed by atoms with Gasteiger partial charge in [0.05, 0.1) is 7.11 Å². The van der Waals surface area contributed by atoms with Gasteiger partial charge in [-0.3, -0.25) is 4.79 Å². The van der Waals surface area contributed by atoms with Gasteiger partial charge < -0.3 is 10.1 Å². The zero-order chi connectivity index (χ0) is 13.7. The van der Waals surface area contributed by atoms with E-state index in [1.165, 1.54) is 18.4 Å². The van der Waals surface area contributed by atoms with E-state index in [-0.39, 0.29) is 11.8 Å². The molecule has 1 aliphatic carbocycles. The van der Waals surface area contributed by atoms with Crippen molar-refractivity contribution in [2.75, 3.05) is 7.11 Å². The number of amides is 1. The molecular weight excluding hydrogens is 238 g/mol. The molecule has 1 N–H and O–H groups in total. The number of hydrogen-bond donors (Lipinski definition) is 1. The van der Waals surface area contributed by atoms with Gasteiger partial charge in [0, 0.05) is 18.0 Å². The SMILES string of the molecule is CCc1ccc(OC)c(CNC(=O)C2CCCC2)c1. The van der Waals surface area contributed by atoms with Crippen molar-refractivity contribution in [3.05, 3.63) is 29.3 Å². The summed E-state index contributed by atoms with van der Waals surface area (Å²) in [5, 5.41) is 3.05. The summed E-state index contributed by atoms with van der Waals surface area (Å²) in [5.41, 5.74) is 2.33. The van der Waals surface area contributed by atoms with Crippen molar-refractivity contribution >= 4 is 5.91 Å². The number of hydrogen-bond acceptors (Lipinski definition) is 2. The second-order valence-electron chi connectivity index (χ2n) is 5.20. The topological polar surface area (TPSA) is 38.3 Å². The predicted octanol–water partition coefficient (Wildman–Crippen LogP) is 3.06. The molecule has 0 radical (unpaired) electrons. The number of ether oxygens (including phenoxy) is 1. The fourth-order valence-electron chi connectivity index (χ4n) is 2.70. The van der Waals surface area contributed by atoms with Gasteiger partial charge >= 0.3 is 0 Å². The van der Waals surface area contributed by atoms with Gasteiger partial charge in [0.25, 0.3) is 0 Å². The summed E-state index contributed by atoms with van der Waals surface area (Å²) in [4.78, 5) is 12.0. The Hall–Kier alpha value is -1.51. The maximum absolute atomic E-state index is 12.0. The Morgan fingerprint density at radius 2 is 2.11 bits per heavy atom. The lowest BCUT2D eigenvalue weighted by Gasteiger charge is -2.13. The van der Waals surface area contributed by atoms with Crippen LogP contribution in [0.5, 0.6) is 5.75 Å². The number of rotatable bonds is 5. The molecule has 0 bridgehead atoms. The predicted molar refractivity (Wildman–Crippen MR) is 76.2 cm³/mol. The third-order valence-corrected chi connectivity index (χ3v) is 3.93. The first kappa shape index (κ1) is 13.9. The van der Waals surface area contributed by atoms with E-state index in [2.05, 4.69) is 24.4 Å². The molecule has 0 aromatic heterocycles. The summed E-state index contributed by atoms with van der Waals surface area (Å²) in [5.74, 6) is 1.27. The Bertz CT molecular complexity index is 436. The van der Waals surface area contributed by atoms with E-state index in [9.17, 15) is 4.79 Å². The molecule has 1 aromatic rings. The lowest BCUT2D eigenvalue weighted by atomic mass is 10.1. The number of aryl methyl sites for hydroxylation is 1. The summed E-state index contributed by atoms with van der Waals surface area (Å²) in [7, 11) is 1.67. The molecule has 0 atom stereocenters. The second-order valence-corrected chi connectivity index (χ2v) is 5.20. The molecule has 19 heavy (non-hydrogen) atoms. The molecule has 0 heterocycles. The number of methoxy groups -OCH3 is 1. The van der Waals surface area contributed by atoms with E-state index in [0.717, 1.165) is 30.6 Å². The quantitative estimate of drug-likeness (QED) is 0.884. The second kappa shape index (κ2) is 6.60. The maximum Gasteiger partial charge on any atom is 0.223 e. The van der Waals surface area contributed by atoms with Crippen molar-refractivity contribution in [2.24, 2.45) is 5.92 Å². The molecule has 1 amide bonds. The molecule has 3 nitrogen and oxygen atoms in total. The highest BCUT2D eigenvalue weighted by atomic mass is 16.5. The Labute approximate surface area is 115 Å².